The monoisotopic (exact) mass is 259 g/mol. The molecule has 19 heavy (non-hydrogen) atoms. The van der Waals surface area contributed by atoms with Crippen LogP contribution in [0.2, 0.25) is 0 Å². The highest BCUT2D eigenvalue weighted by atomic mass is 19.1. The van der Waals surface area contributed by atoms with Gasteiger partial charge in [-0.25, -0.2) is 4.39 Å². The number of halogens is 1. The summed E-state index contributed by atoms with van der Waals surface area (Å²) in [6, 6.07) is 13.9. The standard InChI is InChI=1S/C16H18FNO/c1-2-12-6-5-7-13(10-12)19-11-16(18)14-8-3-4-9-15(14)17/h3-10,16H,2,11,18H2,1H3. The number of nitrogens with two attached hydrogens (primary N) is 1. The summed E-state index contributed by atoms with van der Waals surface area (Å²) in [4.78, 5) is 0. The molecule has 1 atom stereocenters. The molecule has 100 valence electrons. The summed E-state index contributed by atoms with van der Waals surface area (Å²) in [5.41, 5.74) is 7.64. The lowest BCUT2D eigenvalue weighted by atomic mass is 10.1. The summed E-state index contributed by atoms with van der Waals surface area (Å²) in [6.45, 7) is 2.35. The molecule has 0 saturated heterocycles. The third kappa shape index (κ3) is 3.55. The lowest BCUT2D eigenvalue weighted by molar-refractivity contribution is 0.287. The molecule has 0 fully saturated rings. The smallest absolute Gasteiger partial charge is 0.128 e. The van der Waals surface area contributed by atoms with E-state index in [4.69, 9.17) is 10.5 Å². The van der Waals surface area contributed by atoms with E-state index >= 15 is 0 Å². The molecule has 0 aromatic heterocycles. The van der Waals surface area contributed by atoms with E-state index in [1.54, 1.807) is 18.2 Å². The average molecular weight is 259 g/mol. The Hall–Kier alpha value is -1.87. The Labute approximate surface area is 113 Å². The van der Waals surface area contributed by atoms with Gasteiger partial charge < -0.3 is 10.5 Å². The van der Waals surface area contributed by atoms with Gasteiger partial charge in [-0.2, -0.15) is 0 Å². The average Bonchev–Trinajstić information content (AvgIpc) is 2.45. The van der Waals surface area contributed by atoms with Gasteiger partial charge in [0.1, 0.15) is 18.2 Å². The minimum Gasteiger partial charge on any atom is -0.492 e. The highest BCUT2D eigenvalue weighted by Gasteiger charge is 2.11. The topological polar surface area (TPSA) is 35.2 Å². The van der Waals surface area contributed by atoms with Gasteiger partial charge >= 0.3 is 0 Å². The fourth-order valence-electron chi connectivity index (χ4n) is 1.91. The molecule has 0 spiro atoms. The molecule has 0 amide bonds. The van der Waals surface area contributed by atoms with E-state index in [0.717, 1.165) is 12.2 Å². The molecule has 0 aliphatic carbocycles. The molecule has 0 aliphatic heterocycles. The Morgan fingerprint density at radius 1 is 1.16 bits per heavy atom. The van der Waals surface area contributed by atoms with E-state index in [9.17, 15) is 4.39 Å². The molecule has 0 radical (unpaired) electrons. The van der Waals surface area contributed by atoms with Crippen LogP contribution >= 0.6 is 0 Å². The van der Waals surface area contributed by atoms with Crippen molar-refractivity contribution in [1.29, 1.82) is 0 Å². The summed E-state index contributed by atoms with van der Waals surface area (Å²) in [6.07, 6.45) is 0.955. The van der Waals surface area contributed by atoms with Crippen LogP contribution in [-0.4, -0.2) is 6.61 Å². The third-order valence-electron chi connectivity index (χ3n) is 3.04. The maximum absolute atomic E-state index is 13.5. The maximum Gasteiger partial charge on any atom is 0.128 e. The molecule has 0 saturated carbocycles. The maximum atomic E-state index is 13.5. The van der Waals surface area contributed by atoms with Crippen LogP contribution in [0.5, 0.6) is 5.75 Å². The van der Waals surface area contributed by atoms with Crippen molar-refractivity contribution in [3.8, 4) is 5.75 Å². The molecular formula is C16H18FNO. The van der Waals surface area contributed by atoms with Gasteiger partial charge in [0, 0.05) is 5.56 Å². The molecule has 0 aliphatic rings. The van der Waals surface area contributed by atoms with E-state index in [-0.39, 0.29) is 12.4 Å². The van der Waals surface area contributed by atoms with E-state index in [1.165, 1.54) is 11.6 Å². The number of benzene rings is 2. The van der Waals surface area contributed by atoms with Gasteiger partial charge in [0.15, 0.2) is 0 Å². The van der Waals surface area contributed by atoms with Crippen LogP contribution in [0.1, 0.15) is 24.1 Å². The highest BCUT2D eigenvalue weighted by molar-refractivity contribution is 5.29. The summed E-state index contributed by atoms with van der Waals surface area (Å²) in [7, 11) is 0. The SMILES string of the molecule is CCc1cccc(OCC(N)c2ccccc2F)c1. The largest absolute Gasteiger partial charge is 0.492 e. The fraction of sp³-hybridized carbons (Fsp3) is 0.250. The second-order valence-corrected chi connectivity index (χ2v) is 4.44. The van der Waals surface area contributed by atoms with Crippen LogP contribution < -0.4 is 10.5 Å². The number of ether oxygens (including phenoxy) is 1. The van der Waals surface area contributed by atoms with Gasteiger partial charge in [-0.1, -0.05) is 37.3 Å². The van der Waals surface area contributed by atoms with Crippen molar-refractivity contribution >= 4 is 0 Å². The normalized spacial score (nSPS) is 12.2. The summed E-state index contributed by atoms with van der Waals surface area (Å²) >= 11 is 0. The number of hydrogen-bond acceptors (Lipinski definition) is 2. The lowest BCUT2D eigenvalue weighted by Crippen LogP contribution is -2.20. The first-order chi connectivity index (χ1) is 9.20. The van der Waals surface area contributed by atoms with E-state index in [0.29, 0.717) is 5.56 Å². The first-order valence-corrected chi connectivity index (χ1v) is 6.42. The number of aryl methyl sites for hydroxylation is 1. The predicted octanol–water partition coefficient (Wildman–Crippen LogP) is 3.47. The Balaban J connectivity index is 2.00. The Morgan fingerprint density at radius 3 is 2.68 bits per heavy atom. The van der Waals surface area contributed by atoms with Crippen LogP contribution in [0.3, 0.4) is 0 Å². The summed E-state index contributed by atoms with van der Waals surface area (Å²) in [5.74, 6) is 0.479. The second kappa shape index (κ2) is 6.34. The Morgan fingerprint density at radius 2 is 1.95 bits per heavy atom. The van der Waals surface area contributed by atoms with Crippen molar-refractivity contribution in [2.75, 3.05) is 6.61 Å². The quantitative estimate of drug-likeness (QED) is 0.892. The molecule has 0 heterocycles. The van der Waals surface area contributed by atoms with Crippen LogP contribution in [0, 0.1) is 5.82 Å². The second-order valence-electron chi connectivity index (χ2n) is 4.44. The van der Waals surface area contributed by atoms with Gasteiger partial charge in [-0.05, 0) is 30.2 Å². The third-order valence-corrected chi connectivity index (χ3v) is 3.04. The van der Waals surface area contributed by atoms with Crippen LogP contribution in [0.4, 0.5) is 4.39 Å². The fourth-order valence-corrected chi connectivity index (χ4v) is 1.91. The summed E-state index contributed by atoms with van der Waals surface area (Å²) < 4.78 is 19.2. The van der Waals surface area contributed by atoms with Gasteiger partial charge in [-0.15, -0.1) is 0 Å². The molecule has 0 bridgehead atoms. The van der Waals surface area contributed by atoms with Crippen LogP contribution in [0.25, 0.3) is 0 Å². The zero-order valence-electron chi connectivity index (χ0n) is 11.0. The minimum atomic E-state index is -0.466. The molecule has 2 aromatic carbocycles. The van der Waals surface area contributed by atoms with E-state index in [1.807, 2.05) is 24.3 Å². The molecule has 2 nitrogen and oxygen atoms in total. The molecule has 1 unspecified atom stereocenters. The predicted molar refractivity (Wildman–Crippen MR) is 74.6 cm³/mol. The lowest BCUT2D eigenvalue weighted by Gasteiger charge is -2.14. The van der Waals surface area contributed by atoms with E-state index < -0.39 is 6.04 Å². The minimum absolute atomic E-state index is 0.258. The van der Waals surface area contributed by atoms with E-state index in [2.05, 4.69) is 6.92 Å². The van der Waals surface area contributed by atoms with Gasteiger partial charge in [0.05, 0.1) is 6.04 Å². The molecule has 2 aromatic rings. The Bertz CT molecular complexity index is 542. The van der Waals surface area contributed by atoms with Crippen molar-refractivity contribution in [2.24, 2.45) is 5.73 Å². The number of rotatable bonds is 5. The van der Waals surface area contributed by atoms with Gasteiger partial charge in [0.25, 0.3) is 0 Å². The summed E-state index contributed by atoms with van der Waals surface area (Å²) in [5, 5.41) is 0. The van der Waals surface area contributed by atoms with Crippen molar-refractivity contribution < 1.29 is 9.13 Å². The number of hydrogen-bond donors (Lipinski definition) is 1. The van der Waals surface area contributed by atoms with Gasteiger partial charge in [-0.3, -0.25) is 0 Å². The van der Waals surface area contributed by atoms with Crippen LogP contribution in [-0.2, 0) is 6.42 Å². The zero-order chi connectivity index (χ0) is 13.7. The van der Waals surface area contributed by atoms with Crippen LogP contribution in [0.15, 0.2) is 48.5 Å². The van der Waals surface area contributed by atoms with Crippen molar-refractivity contribution in [3.63, 3.8) is 0 Å². The van der Waals surface area contributed by atoms with Gasteiger partial charge in [0.2, 0.25) is 0 Å². The Kier molecular flexibility index (Phi) is 4.53. The van der Waals surface area contributed by atoms with Crippen molar-refractivity contribution in [2.45, 2.75) is 19.4 Å². The molecular weight excluding hydrogens is 241 g/mol. The first-order valence-electron chi connectivity index (χ1n) is 6.42. The zero-order valence-corrected chi connectivity index (χ0v) is 11.0. The highest BCUT2D eigenvalue weighted by Crippen LogP contribution is 2.18. The molecule has 3 heteroatoms. The molecule has 2 rings (SSSR count). The van der Waals surface area contributed by atoms with Crippen molar-refractivity contribution in [3.05, 3.63) is 65.5 Å². The first kappa shape index (κ1) is 13.6. The molecule has 2 N–H and O–H groups in total. The van der Waals surface area contributed by atoms with Crippen molar-refractivity contribution in [1.82, 2.24) is 0 Å².